The number of hydrogen-bond donors (Lipinski definition) is 1. The molecule has 1 saturated heterocycles. The standard InChI is InChI=1S/C13H16N2O4S2/c1-3-19-13(18)9-4-8(2)21-12(9)14-10(16)5-15-7-20-6-11(15)17/h4H,3,5-7H2,1-2H3,(H,14,16). The highest BCUT2D eigenvalue weighted by molar-refractivity contribution is 8.00. The molecule has 1 aliphatic rings. The van der Waals surface area contributed by atoms with Crippen molar-refractivity contribution in [3.05, 3.63) is 16.5 Å². The Morgan fingerprint density at radius 2 is 2.24 bits per heavy atom. The Morgan fingerprint density at radius 3 is 2.86 bits per heavy atom. The van der Waals surface area contributed by atoms with Crippen LogP contribution in [0.2, 0.25) is 0 Å². The summed E-state index contributed by atoms with van der Waals surface area (Å²) in [5.41, 5.74) is 0.356. The maximum Gasteiger partial charge on any atom is 0.341 e. The lowest BCUT2D eigenvalue weighted by molar-refractivity contribution is -0.130. The Bertz CT molecular complexity index is 571. The Morgan fingerprint density at radius 1 is 1.48 bits per heavy atom. The van der Waals surface area contributed by atoms with Crippen LogP contribution in [0.1, 0.15) is 22.2 Å². The smallest absolute Gasteiger partial charge is 0.341 e. The lowest BCUT2D eigenvalue weighted by Crippen LogP contribution is -2.34. The normalized spacial score (nSPS) is 14.4. The molecule has 2 amide bonds. The quantitative estimate of drug-likeness (QED) is 0.833. The summed E-state index contributed by atoms with van der Waals surface area (Å²) in [6.45, 7) is 3.86. The number of amides is 2. The molecule has 0 spiro atoms. The molecule has 0 bridgehead atoms. The molecule has 1 aromatic rings. The molecular weight excluding hydrogens is 312 g/mol. The van der Waals surface area contributed by atoms with E-state index in [1.807, 2.05) is 6.92 Å². The van der Waals surface area contributed by atoms with E-state index in [0.717, 1.165) is 4.88 Å². The number of ether oxygens (including phenoxy) is 1. The van der Waals surface area contributed by atoms with Crippen molar-refractivity contribution >= 4 is 45.9 Å². The molecule has 1 aliphatic heterocycles. The number of rotatable bonds is 5. The monoisotopic (exact) mass is 328 g/mol. The second-order valence-electron chi connectivity index (χ2n) is 4.44. The Balaban J connectivity index is 2.03. The van der Waals surface area contributed by atoms with E-state index in [9.17, 15) is 14.4 Å². The lowest BCUT2D eigenvalue weighted by Gasteiger charge is -2.14. The van der Waals surface area contributed by atoms with E-state index >= 15 is 0 Å². The van der Waals surface area contributed by atoms with Crippen LogP contribution in [-0.4, -0.2) is 47.5 Å². The molecule has 0 atom stereocenters. The third-order valence-corrected chi connectivity index (χ3v) is 4.67. The van der Waals surface area contributed by atoms with Crippen molar-refractivity contribution in [1.82, 2.24) is 4.90 Å². The molecule has 2 heterocycles. The van der Waals surface area contributed by atoms with Gasteiger partial charge in [-0.3, -0.25) is 9.59 Å². The molecule has 6 nitrogen and oxygen atoms in total. The van der Waals surface area contributed by atoms with Crippen molar-refractivity contribution in [2.75, 3.05) is 30.1 Å². The van der Waals surface area contributed by atoms with Gasteiger partial charge in [0.1, 0.15) is 11.5 Å². The van der Waals surface area contributed by atoms with Gasteiger partial charge in [-0.15, -0.1) is 23.1 Å². The van der Waals surface area contributed by atoms with Crippen LogP contribution in [0.3, 0.4) is 0 Å². The van der Waals surface area contributed by atoms with Crippen molar-refractivity contribution in [1.29, 1.82) is 0 Å². The minimum absolute atomic E-state index is 0.00501. The predicted molar refractivity (Wildman–Crippen MR) is 82.7 cm³/mol. The van der Waals surface area contributed by atoms with Crippen molar-refractivity contribution in [3.8, 4) is 0 Å². The first-order chi connectivity index (χ1) is 10.0. The maximum absolute atomic E-state index is 12.0. The zero-order valence-corrected chi connectivity index (χ0v) is 13.4. The summed E-state index contributed by atoms with van der Waals surface area (Å²) in [7, 11) is 0. The van der Waals surface area contributed by atoms with Gasteiger partial charge in [-0.25, -0.2) is 4.79 Å². The van der Waals surface area contributed by atoms with Gasteiger partial charge in [-0.1, -0.05) is 0 Å². The number of aryl methyl sites for hydroxylation is 1. The third kappa shape index (κ3) is 3.98. The van der Waals surface area contributed by atoms with Crippen LogP contribution in [0.5, 0.6) is 0 Å². The van der Waals surface area contributed by atoms with Gasteiger partial charge in [0.05, 0.1) is 23.8 Å². The molecule has 21 heavy (non-hydrogen) atoms. The number of carbonyl (C=O) groups is 3. The first kappa shape index (κ1) is 15.8. The minimum atomic E-state index is -0.454. The predicted octanol–water partition coefficient (Wildman–Crippen LogP) is 1.70. The van der Waals surface area contributed by atoms with Crippen LogP contribution in [0.4, 0.5) is 5.00 Å². The Labute approximate surface area is 130 Å². The van der Waals surface area contributed by atoms with E-state index < -0.39 is 5.97 Å². The van der Waals surface area contributed by atoms with Crippen LogP contribution in [0, 0.1) is 6.92 Å². The number of thioether (sulfide) groups is 1. The second-order valence-corrected chi connectivity index (χ2v) is 6.65. The molecular formula is C13H16N2O4S2. The second kappa shape index (κ2) is 6.95. The average Bonchev–Trinajstić information content (AvgIpc) is 2.97. The van der Waals surface area contributed by atoms with Crippen LogP contribution >= 0.6 is 23.1 Å². The number of hydrogen-bond acceptors (Lipinski definition) is 6. The fourth-order valence-corrected chi connectivity index (χ4v) is 3.67. The minimum Gasteiger partial charge on any atom is -0.462 e. The summed E-state index contributed by atoms with van der Waals surface area (Å²) in [6.07, 6.45) is 0. The van der Waals surface area contributed by atoms with Gasteiger partial charge < -0.3 is 15.0 Å². The van der Waals surface area contributed by atoms with Gasteiger partial charge in [-0.05, 0) is 19.9 Å². The summed E-state index contributed by atoms with van der Waals surface area (Å²) in [5, 5.41) is 3.16. The first-order valence-corrected chi connectivity index (χ1v) is 8.41. The van der Waals surface area contributed by atoms with Crippen molar-refractivity contribution in [2.24, 2.45) is 0 Å². The number of nitrogens with one attached hydrogen (secondary N) is 1. The van der Waals surface area contributed by atoms with Crippen LogP contribution < -0.4 is 5.32 Å². The average molecular weight is 328 g/mol. The SMILES string of the molecule is CCOC(=O)c1cc(C)sc1NC(=O)CN1CSCC1=O. The van der Waals surface area contributed by atoms with Gasteiger partial charge >= 0.3 is 5.97 Å². The summed E-state index contributed by atoms with van der Waals surface area (Å²) in [4.78, 5) is 37.7. The number of thiophene rings is 1. The molecule has 0 saturated carbocycles. The van der Waals surface area contributed by atoms with Gasteiger partial charge in [-0.2, -0.15) is 0 Å². The number of carbonyl (C=O) groups excluding carboxylic acids is 3. The van der Waals surface area contributed by atoms with E-state index in [1.165, 1.54) is 28.0 Å². The largest absolute Gasteiger partial charge is 0.462 e. The van der Waals surface area contributed by atoms with Crippen LogP contribution in [0.15, 0.2) is 6.07 Å². The summed E-state index contributed by atoms with van der Waals surface area (Å²) in [6, 6.07) is 1.69. The van der Waals surface area contributed by atoms with Crippen molar-refractivity contribution < 1.29 is 19.1 Å². The highest BCUT2D eigenvalue weighted by atomic mass is 32.2. The summed E-state index contributed by atoms with van der Waals surface area (Å²) in [5.74, 6) is 0.145. The molecule has 0 aliphatic carbocycles. The summed E-state index contributed by atoms with van der Waals surface area (Å²) < 4.78 is 4.96. The number of nitrogens with zero attached hydrogens (tertiary/aromatic N) is 1. The van der Waals surface area contributed by atoms with E-state index in [1.54, 1.807) is 13.0 Å². The zero-order chi connectivity index (χ0) is 15.4. The van der Waals surface area contributed by atoms with Crippen molar-refractivity contribution in [2.45, 2.75) is 13.8 Å². The molecule has 1 fully saturated rings. The lowest BCUT2D eigenvalue weighted by atomic mass is 10.3. The topological polar surface area (TPSA) is 75.7 Å². The molecule has 0 unspecified atom stereocenters. The summed E-state index contributed by atoms with van der Waals surface area (Å²) >= 11 is 2.80. The van der Waals surface area contributed by atoms with Crippen molar-refractivity contribution in [3.63, 3.8) is 0 Å². The van der Waals surface area contributed by atoms with Gasteiger partial charge in [0.25, 0.3) is 0 Å². The van der Waals surface area contributed by atoms with E-state index in [2.05, 4.69) is 5.32 Å². The molecule has 114 valence electrons. The molecule has 2 rings (SSSR count). The Kier molecular flexibility index (Phi) is 5.24. The fraction of sp³-hybridized carbons (Fsp3) is 0.462. The Hall–Kier alpha value is -1.54. The molecule has 0 aromatic carbocycles. The van der Waals surface area contributed by atoms with Gasteiger partial charge in [0.2, 0.25) is 11.8 Å². The highest BCUT2D eigenvalue weighted by Gasteiger charge is 2.24. The third-order valence-electron chi connectivity index (χ3n) is 2.76. The van der Waals surface area contributed by atoms with Gasteiger partial charge in [0, 0.05) is 4.88 Å². The highest BCUT2D eigenvalue weighted by Crippen LogP contribution is 2.28. The van der Waals surface area contributed by atoms with Crippen LogP contribution in [0.25, 0.3) is 0 Å². The number of esters is 1. The number of anilines is 1. The van der Waals surface area contributed by atoms with E-state index in [-0.39, 0.29) is 25.0 Å². The fourth-order valence-electron chi connectivity index (χ4n) is 1.85. The maximum atomic E-state index is 12.0. The van der Waals surface area contributed by atoms with E-state index in [0.29, 0.717) is 22.2 Å². The molecule has 0 radical (unpaired) electrons. The zero-order valence-electron chi connectivity index (χ0n) is 11.8. The molecule has 1 aromatic heterocycles. The first-order valence-electron chi connectivity index (χ1n) is 6.44. The van der Waals surface area contributed by atoms with Gasteiger partial charge in [0.15, 0.2) is 0 Å². The molecule has 8 heteroatoms. The molecule has 1 N–H and O–H groups in total. The van der Waals surface area contributed by atoms with E-state index in [4.69, 9.17) is 4.74 Å². The van der Waals surface area contributed by atoms with Crippen LogP contribution in [-0.2, 0) is 14.3 Å².